The highest BCUT2D eigenvalue weighted by Crippen LogP contribution is 2.06. The van der Waals surface area contributed by atoms with Crippen molar-refractivity contribution in [3.05, 3.63) is 0 Å². The summed E-state index contributed by atoms with van der Waals surface area (Å²) in [4.78, 5) is 22.8. The quantitative estimate of drug-likeness (QED) is 0.517. The van der Waals surface area contributed by atoms with Crippen molar-refractivity contribution >= 4 is 11.8 Å². The van der Waals surface area contributed by atoms with Crippen LogP contribution in [0.2, 0.25) is 0 Å². The van der Waals surface area contributed by atoms with Crippen LogP contribution in [0.4, 0.5) is 0 Å². The molecule has 2 saturated heterocycles. The van der Waals surface area contributed by atoms with Gasteiger partial charge in [-0.15, -0.1) is 0 Å². The number of rotatable bonds is 2. The Hall–Kier alpha value is -1.10. The van der Waals surface area contributed by atoms with Crippen molar-refractivity contribution in [2.45, 2.75) is 31.3 Å². The highest BCUT2D eigenvalue weighted by Gasteiger charge is 2.29. The first-order chi connectivity index (χ1) is 6.77. The summed E-state index contributed by atoms with van der Waals surface area (Å²) >= 11 is 0. The zero-order chi connectivity index (χ0) is 9.97. The van der Waals surface area contributed by atoms with Gasteiger partial charge in [-0.25, -0.2) is 0 Å². The molecule has 14 heavy (non-hydrogen) atoms. The van der Waals surface area contributed by atoms with E-state index in [0.29, 0.717) is 13.0 Å². The SMILES string of the molecule is O=C(N[C@H]1CCNC1=O)C1CCCN1. The van der Waals surface area contributed by atoms with Gasteiger partial charge in [-0.05, 0) is 25.8 Å². The smallest absolute Gasteiger partial charge is 0.242 e. The first-order valence-corrected chi connectivity index (χ1v) is 5.09. The predicted molar refractivity (Wildman–Crippen MR) is 50.6 cm³/mol. The van der Waals surface area contributed by atoms with E-state index in [1.165, 1.54) is 0 Å². The van der Waals surface area contributed by atoms with Crippen molar-refractivity contribution in [2.24, 2.45) is 0 Å². The fourth-order valence-corrected chi connectivity index (χ4v) is 1.91. The van der Waals surface area contributed by atoms with E-state index in [1.807, 2.05) is 0 Å². The summed E-state index contributed by atoms with van der Waals surface area (Å²) in [5.41, 5.74) is 0. The largest absolute Gasteiger partial charge is 0.354 e. The molecule has 2 aliphatic heterocycles. The minimum atomic E-state index is -0.315. The molecule has 3 N–H and O–H groups in total. The molecule has 0 aromatic carbocycles. The van der Waals surface area contributed by atoms with Crippen LogP contribution in [0, 0.1) is 0 Å². The molecule has 0 saturated carbocycles. The van der Waals surface area contributed by atoms with E-state index in [4.69, 9.17) is 0 Å². The Bertz CT molecular complexity index is 248. The number of amides is 2. The molecular formula is C9H15N3O2. The Morgan fingerprint density at radius 1 is 1.36 bits per heavy atom. The summed E-state index contributed by atoms with van der Waals surface area (Å²) in [7, 11) is 0. The molecule has 5 heteroatoms. The summed E-state index contributed by atoms with van der Waals surface area (Å²) in [5.74, 6) is -0.0964. The van der Waals surface area contributed by atoms with E-state index < -0.39 is 0 Å². The van der Waals surface area contributed by atoms with Crippen LogP contribution in [0.5, 0.6) is 0 Å². The lowest BCUT2D eigenvalue weighted by Gasteiger charge is -2.14. The molecule has 2 heterocycles. The van der Waals surface area contributed by atoms with Gasteiger partial charge in [0, 0.05) is 6.54 Å². The van der Waals surface area contributed by atoms with E-state index in [9.17, 15) is 9.59 Å². The molecule has 0 spiro atoms. The monoisotopic (exact) mass is 197 g/mol. The summed E-state index contributed by atoms with van der Waals surface area (Å²) in [6.07, 6.45) is 2.62. The zero-order valence-corrected chi connectivity index (χ0v) is 8.01. The number of hydrogen-bond acceptors (Lipinski definition) is 3. The molecule has 0 aromatic rings. The van der Waals surface area contributed by atoms with Crippen molar-refractivity contribution in [3.8, 4) is 0 Å². The maximum Gasteiger partial charge on any atom is 0.242 e. The van der Waals surface area contributed by atoms with Crippen molar-refractivity contribution in [2.75, 3.05) is 13.1 Å². The molecule has 1 unspecified atom stereocenters. The van der Waals surface area contributed by atoms with Crippen LogP contribution in [-0.4, -0.2) is 37.0 Å². The van der Waals surface area contributed by atoms with Gasteiger partial charge < -0.3 is 16.0 Å². The standard InChI is InChI=1S/C9H15N3O2/c13-8-7(3-5-11-8)12-9(14)6-2-1-4-10-6/h6-7,10H,1-5H2,(H,11,13)(H,12,14)/t6?,7-/m0/s1. The number of carbonyl (C=O) groups excluding carboxylic acids is 2. The van der Waals surface area contributed by atoms with Gasteiger partial charge in [0.2, 0.25) is 11.8 Å². The molecule has 2 atom stereocenters. The lowest BCUT2D eigenvalue weighted by atomic mass is 10.2. The number of carbonyl (C=O) groups is 2. The number of hydrogen-bond donors (Lipinski definition) is 3. The Morgan fingerprint density at radius 2 is 2.21 bits per heavy atom. The summed E-state index contributed by atoms with van der Waals surface area (Å²) in [6.45, 7) is 1.57. The third-order valence-corrected chi connectivity index (χ3v) is 2.74. The second-order valence-electron chi connectivity index (χ2n) is 3.79. The molecular weight excluding hydrogens is 182 g/mol. The summed E-state index contributed by atoms with van der Waals surface area (Å²) < 4.78 is 0. The number of nitrogens with one attached hydrogen (secondary N) is 3. The highest BCUT2D eigenvalue weighted by atomic mass is 16.2. The van der Waals surface area contributed by atoms with Crippen molar-refractivity contribution in [1.82, 2.24) is 16.0 Å². The van der Waals surface area contributed by atoms with Gasteiger partial charge in [0.05, 0.1) is 6.04 Å². The normalized spacial score (nSPS) is 31.6. The average Bonchev–Trinajstić information content (AvgIpc) is 2.77. The molecule has 78 valence electrons. The predicted octanol–water partition coefficient (Wildman–Crippen LogP) is -1.26. The first-order valence-electron chi connectivity index (χ1n) is 5.09. The lowest BCUT2D eigenvalue weighted by molar-refractivity contribution is -0.128. The minimum absolute atomic E-state index is 0.0375. The Balaban J connectivity index is 1.84. The second-order valence-corrected chi connectivity index (χ2v) is 3.79. The van der Waals surface area contributed by atoms with Crippen LogP contribution >= 0.6 is 0 Å². The average molecular weight is 197 g/mol. The van der Waals surface area contributed by atoms with Crippen LogP contribution in [0.1, 0.15) is 19.3 Å². The van der Waals surface area contributed by atoms with Gasteiger partial charge in [-0.1, -0.05) is 0 Å². The van der Waals surface area contributed by atoms with Gasteiger partial charge in [0.1, 0.15) is 6.04 Å². The van der Waals surface area contributed by atoms with Gasteiger partial charge in [0.15, 0.2) is 0 Å². The molecule has 0 radical (unpaired) electrons. The maximum atomic E-state index is 11.6. The van der Waals surface area contributed by atoms with Crippen LogP contribution in [0.25, 0.3) is 0 Å². The van der Waals surface area contributed by atoms with Gasteiger partial charge in [0.25, 0.3) is 0 Å². The lowest BCUT2D eigenvalue weighted by Crippen LogP contribution is -2.47. The molecule has 2 aliphatic rings. The van der Waals surface area contributed by atoms with Gasteiger partial charge in [-0.3, -0.25) is 9.59 Å². The van der Waals surface area contributed by atoms with Crippen molar-refractivity contribution in [3.63, 3.8) is 0 Å². The summed E-state index contributed by atoms with van der Waals surface area (Å²) in [6, 6.07) is -0.409. The Kier molecular flexibility index (Phi) is 2.67. The van der Waals surface area contributed by atoms with E-state index in [1.54, 1.807) is 0 Å². The van der Waals surface area contributed by atoms with Crippen molar-refractivity contribution < 1.29 is 9.59 Å². The van der Waals surface area contributed by atoms with Gasteiger partial charge in [-0.2, -0.15) is 0 Å². The third-order valence-electron chi connectivity index (χ3n) is 2.74. The minimum Gasteiger partial charge on any atom is -0.354 e. The third kappa shape index (κ3) is 1.87. The maximum absolute atomic E-state index is 11.6. The van der Waals surface area contributed by atoms with Crippen LogP contribution < -0.4 is 16.0 Å². The molecule has 2 rings (SSSR count). The first kappa shape index (κ1) is 9.45. The Labute approximate surface area is 82.6 Å². The van der Waals surface area contributed by atoms with E-state index in [2.05, 4.69) is 16.0 Å². The van der Waals surface area contributed by atoms with Crippen molar-refractivity contribution in [1.29, 1.82) is 0 Å². The molecule has 5 nitrogen and oxygen atoms in total. The molecule has 0 aromatic heterocycles. The zero-order valence-electron chi connectivity index (χ0n) is 8.01. The molecule has 0 aliphatic carbocycles. The highest BCUT2D eigenvalue weighted by molar-refractivity contribution is 5.90. The van der Waals surface area contributed by atoms with E-state index in [-0.39, 0.29) is 23.9 Å². The van der Waals surface area contributed by atoms with Crippen LogP contribution in [0.3, 0.4) is 0 Å². The molecule has 0 bridgehead atoms. The molecule has 2 fully saturated rings. The Morgan fingerprint density at radius 3 is 2.79 bits per heavy atom. The van der Waals surface area contributed by atoms with E-state index in [0.717, 1.165) is 19.4 Å². The molecule has 2 amide bonds. The fourth-order valence-electron chi connectivity index (χ4n) is 1.91. The van der Waals surface area contributed by atoms with Gasteiger partial charge >= 0.3 is 0 Å². The fraction of sp³-hybridized carbons (Fsp3) is 0.778. The van der Waals surface area contributed by atoms with E-state index >= 15 is 0 Å². The topological polar surface area (TPSA) is 70.2 Å². The summed E-state index contributed by atoms with van der Waals surface area (Å²) in [5, 5.41) is 8.55. The van der Waals surface area contributed by atoms with Crippen LogP contribution in [-0.2, 0) is 9.59 Å². The van der Waals surface area contributed by atoms with Crippen LogP contribution in [0.15, 0.2) is 0 Å². The second kappa shape index (κ2) is 3.96.